The van der Waals surface area contributed by atoms with E-state index in [-0.39, 0.29) is 17.1 Å². The number of carbonyl (C=O) groups is 3. The number of hydrogen-bond acceptors (Lipinski definition) is 5. The van der Waals surface area contributed by atoms with E-state index in [1.54, 1.807) is 0 Å². The first-order valence-corrected chi connectivity index (χ1v) is 5.73. The van der Waals surface area contributed by atoms with Gasteiger partial charge in [-0.3, -0.25) is 4.79 Å². The summed E-state index contributed by atoms with van der Waals surface area (Å²) >= 11 is 0. The van der Waals surface area contributed by atoms with E-state index in [1.807, 2.05) is 0 Å². The second kappa shape index (κ2) is 6.55. The van der Waals surface area contributed by atoms with Crippen molar-refractivity contribution < 1.29 is 34.1 Å². The van der Waals surface area contributed by atoms with Crippen LogP contribution < -0.4 is 9.47 Å². The van der Waals surface area contributed by atoms with E-state index >= 15 is 0 Å². The molecular weight excluding hydrogens is 268 g/mol. The van der Waals surface area contributed by atoms with Gasteiger partial charge in [0.05, 0.1) is 0 Å². The summed E-state index contributed by atoms with van der Waals surface area (Å²) in [5.74, 6) is -2.32. The van der Waals surface area contributed by atoms with Crippen LogP contribution in [0, 0.1) is 0 Å². The standard InChI is InChI=1S/C13H14O7/c1-7(12(15)16)19-10-4-3-9(6-14)5-11(10)20-8(2)13(17)18/h3-8H,1-2H3,(H,15,16)(H,17,18). The second-order valence-corrected chi connectivity index (χ2v) is 4.02. The van der Waals surface area contributed by atoms with Gasteiger partial charge in [0.15, 0.2) is 23.7 Å². The zero-order chi connectivity index (χ0) is 15.3. The maximum atomic E-state index is 10.8. The Kier molecular flexibility index (Phi) is 5.08. The highest BCUT2D eigenvalue weighted by atomic mass is 16.6. The zero-order valence-electron chi connectivity index (χ0n) is 10.9. The Morgan fingerprint density at radius 3 is 2.00 bits per heavy atom. The molecule has 2 unspecified atom stereocenters. The largest absolute Gasteiger partial charge is 0.479 e. The molecule has 20 heavy (non-hydrogen) atoms. The molecule has 2 atom stereocenters. The van der Waals surface area contributed by atoms with Gasteiger partial charge in [0, 0.05) is 5.56 Å². The lowest BCUT2D eigenvalue weighted by Crippen LogP contribution is -2.25. The molecule has 0 aliphatic heterocycles. The first-order chi connectivity index (χ1) is 9.35. The minimum atomic E-state index is -1.20. The van der Waals surface area contributed by atoms with Gasteiger partial charge in [0.25, 0.3) is 0 Å². The van der Waals surface area contributed by atoms with Crippen molar-refractivity contribution in [2.45, 2.75) is 26.1 Å². The normalized spacial score (nSPS) is 13.1. The second-order valence-electron chi connectivity index (χ2n) is 4.02. The van der Waals surface area contributed by atoms with Crippen LogP contribution in [0.4, 0.5) is 0 Å². The van der Waals surface area contributed by atoms with Crippen LogP contribution in [0.15, 0.2) is 18.2 Å². The highest BCUT2D eigenvalue weighted by molar-refractivity contribution is 5.77. The van der Waals surface area contributed by atoms with Crippen molar-refractivity contribution >= 4 is 18.2 Å². The molecule has 0 heterocycles. The Labute approximate surface area is 114 Å². The number of benzene rings is 1. The van der Waals surface area contributed by atoms with Gasteiger partial charge >= 0.3 is 11.9 Å². The molecule has 2 N–H and O–H groups in total. The van der Waals surface area contributed by atoms with Gasteiger partial charge in [0.1, 0.15) is 6.29 Å². The molecule has 1 rings (SSSR count). The number of carboxylic acids is 2. The molecule has 0 aliphatic rings. The average molecular weight is 282 g/mol. The Balaban J connectivity index is 3.06. The highest BCUT2D eigenvalue weighted by Gasteiger charge is 2.19. The Morgan fingerprint density at radius 2 is 1.55 bits per heavy atom. The van der Waals surface area contributed by atoms with Crippen molar-refractivity contribution in [2.75, 3.05) is 0 Å². The molecule has 7 heteroatoms. The fraction of sp³-hybridized carbons (Fsp3) is 0.308. The fourth-order valence-electron chi connectivity index (χ4n) is 1.27. The molecule has 108 valence electrons. The van der Waals surface area contributed by atoms with Gasteiger partial charge in [0.2, 0.25) is 0 Å². The predicted octanol–water partition coefficient (Wildman–Crippen LogP) is 1.20. The molecule has 1 aromatic rings. The van der Waals surface area contributed by atoms with Gasteiger partial charge in [-0.25, -0.2) is 9.59 Å². The van der Waals surface area contributed by atoms with E-state index in [9.17, 15) is 14.4 Å². The average Bonchev–Trinajstić information content (AvgIpc) is 2.40. The lowest BCUT2D eigenvalue weighted by molar-refractivity contribution is -0.145. The van der Waals surface area contributed by atoms with E-state index in [4.69, 9.17) is 19.7 Å². The lowest BCUT2D eigenvalue weighted by Gasteiger charge is -2.17. The number of hydrogen-bond donors (Lipinski definition) is 2. The molecule has 0 radical (unpaired) electrons. The molecule has 1 aromatic carbocycles. The Hall–Kier alpha value is -2.57. The van der Waals surface area contributed by atoms with Crippen LogP contribution in [0.5, 0.6) is 11.5 Å². The number of carboxylic acid groups (broad SMARTS) is 2. The fourth-order valence-corrected chi connectivity index (χ4v) is 1.27. The van der Waals surface area contributed by atoms with Crippen molar-refractivity contribution in [3.05, 3.63) is 23.8 Å². The van der Waals surface area contributed by atoms with Crippen molar-refractivity contribution in [1.82, 2.24) is 0 Å². The summed E-state index contributed by atoms with van der Waals surface area (Å²) in [4.78, 5) is 32.2. The van der Waals surface area contributed by atoms with Crippen LogP contribution in [0.25, 0.3) is 0 Å². The van der Waals surface area contributed by atoms with Gasteiger partial charge in [-0.1, -0.05) is 0 Å². The first kappa shape index (κ1) is 15.5. The van der Waals surface area contributed by atoms with Crippen LogP contribution in [0.1, 0.15) is 24.2 Å². The number of ether oxygens (including phenoxy) is 2. The quantitative estimate of drug-likeness (QED) is 0.723. The van der Waals surface area contributed by atoms with E-state index in [2.05, 4.69) is 0 Å². The third kappa shape index (κ3) is 3.98. The molecule has 0 fully saturated rings. The summed E-state index contributed by atoms with van der Waals surface area (Å²) in [5, 5.41) is 17.6. The van der Waals surface area contributed by atoms with E-state index < -0.39 is 24.1 Å². The topological polar surface area (TPSA) is 110 Å². The molecule has 0 aliphatic carbocycles. The molecule has 7 nitrogen and oxygen atoms in total. The number of aliphatic carboxylic acids is 2. The maximum absolute atomic E-state index is 10.8. The number of rotatable bonds is 7. The summed E-state index contributed by atoms with van der Waals surface area (Å²) < 4.78 is 10.3. The van der Waals surface area contributed by atoms with E-state index in [0.717, 1.165) is 0 Å². The van der Waals surface area contributed by atoms with Gasteiger partial charge in [-0.05, 0) is 32.0 Å². The summed E-state index contributed by atoms with van der Waals surface area (Å²) in [6.45, 7) is 2.63. The van der Waals surface area contributed by atoms with Crippen molar-refractivity contribution in [3.63, 3.8) is 0 Å². The maximum Gasteiger partial charge on any atom is 0.344 e. The molecular formula is C13H14O7. The number of carbonyl (C=O) groups excluding carboxylic acids is 1. The van der Waals surface area contributed by atoms with E-state index in [1.165, 1.54) is 32.0 Å². The van der Waals surface area contributed by atoms with Crippen LogP contribution in [0.2, 0.25) is 0 Å². The number of aldehydes is 1. The van der Waals surface area contributed by atoms with Gasteiger partial charge < -0.3 is 19.7 Å². The van der Waals surface area contributed by atoms with Gasteiger partial charge in [-0.15, -0.1) is 0 Å². The summed E-state index contributed by atoms with van der Waals surface area (Å²) in [5.41, 5.74) is 0.257. The molecule has 0 spiro atoms. The smallest absolute Gasteiger partial charge is 0.344 e. The third-order valence-corrected chi connectivity index (χ3v) is 2.41. The van der Waals surface area contributed by atoms with Gasteiger partial charge in [-0.2, -0.15) is 0 Å². The monoisotopic (exact) mass is 282 g/mol. The minimum absolute atomic E-state index is 0.00222. The first-order valence-electron chi connectivity index (χ1n) is 5.73. The molecule has 0 saturated carbocycles. The highest BCUT2D eigenvalue weighted by Crippen LogP contribution is 2.30. The predicted molar refractivity (Wildman–Crippen MR) is 67.3 cm³/mol. The van der Waals surface area contributed by atoms with E-state index in [0.29, 0.717) is 6.29 Å². The molecule has 0 amide bonds. The van der Waals surface area contributed by atoms with Crippen molar-refractivity contribution in [3.8, 4) is 11.5 Å². The van der Waals surface area contributed by atoms with Crippen LogP contribution in [-0.2, 0) is 9.59 Å². The van der Waals surface area contributed by atoms with Crippen LogP contribution in [-0.4, -0.2) is 40.6 Å². The Morgan fingerprint density at radius 1 is 1.05 bits per heavy atom. The van der Waals surface area contributed by atoms with Crippen molar-refractivity contribution in [1.29, 1.82) is 0 Å². The molecule has 0 saturated heterocycles. The SMILES string of the molecule is CC(Oc1ccc(C=O)cc1OC(C)C(=O)O)C(=O)O. The Bertz CT molecular complexity index is 523. The summed E-state index contributed by atoms with van der Waals surface area (Å²) in [6.07, 6.45) is -1.75. The summed E-state index contributed by atoms with van der Waals surface area (Å²) in [7, 11) is 0. The molecule has 0 bridgehead atoms. The third-order valence-electron chi connectivity index (χ3n) is 2.41. The zero-order valence-corrected chi connectivity index (χ0v) is 10.9. The van der Waals surface area contributed by atoms with Crippen molar-refractivity contribution in [2.24, 2.45) is 0 Å². The minimum Gasteiger partial charge on any atom is -0.479 e. The molecule has 0 aromatic heterocycles. The van der Waals surface area contributed by atoms with Crippen LogP contribution >= 0.6 is 0 Å². The van der Waals surface area contributed by atoms with Crippen LogP contribution in [0.3, 0.4) is 0 Å². The lowest BCUT2D eigenvalue weighted by atomic mass is 10.2. The summed E-state index contributed by atoms with van der Waals surface area (Å²) in [6, 6.07) is 4.05.